The molecule has 0 unspecified atom stereocenters. The Balaban J connectivity index is 2.01. The van der Waals surface area contributed by atoms with Crippen molar-refractivity contribution in [2.45, 2.75) is 0 Å². The number of hydrogen-bond acceptors (Lipinski definition) is 6. The number of methoxy groups -OCH3 is 1. The van der Waals surface area contributed by atoms with Crippen molar-refractivity contribution >= 4 is 33.9 Å². The Morgan fingerprint density at radius 1 is 1.15 bits per heavy atom. The van der Waals surface area contributed by atoms with Gasteiger partial charge in [0.05, 0.1) is 7.11 Å². The maximum atomic E-state index is 11.9. The van der Waals surface area contributed by atoms with Crippen molar-refractivity contribution in [1.29, 1.82) is 5.26 Å². The minimum Gasteiger partial charge on any atom is -0.482 e. The lowest BCUT2D eigenvalue weighted by Gasteiger charge is -2.07. The highest BCUT2D eigenvalue weighted by Gasteiger charge is 2.10. The minimum absolute atomic E-state index is 0.158. The van der Waals surface area contributed by atoms with E-state index in [1.165, 1.54) is 19.3 Å². The zero-order valence-electron chi connectivity index (χ0n) is 13.8. The zero-order chi connectivity index (χ0) is 18.9. The average Bonchev–Trinajstić information content (AvgIpc) is 2.64. The highest BCUT2D eigenvalue weighted by atomic mass is 79.9. The number of carbonyl (C=O) groups excluding carboxylic acids is 2. The molecule has 0 spiro atoms. The first kappa shape index (κ1) is 19.2. The van der Waals surface area contributed by atoms with E-state index in [-0.39, 0.29) is 17.9 Å². The minimum atomic E-state index is -0.739. The number of nitrogens with zero attached hydrogens (tertiary/aromatic N) is 1. The average molecular weight is 416 g/mol. The van der Waals surface area contributed by atoms with Gasteiger partial charge in [0.2, 0.25) is 0 Å². The molecular weight excluding hydrogens is 402 g/mol. The van der Waals surface area contributed by atoms with Crippen LogP contribution in [0.2, 0.25) is 0 Å². The summed E-state index contributed by atoms with van der Waals surface area (Å²) in [4.78, 5) is 23.3. The van der Waals surface area contributed by atoms with Gasteiger partial charge in [-0.15, -0.1) is 0 Å². The molecule has 0 radical (unpaired) electrons. The van der Waals surface area contributed by atoms with Gasteiger partial charge in [-0.1, -0.05) is 34.1 Å². The van der Waals surface area contributed by atoms with E-state index in [0.717, 1.165) is 4.47 Å². The smallest absolute Gasteiger partial charge is 0.349 e. The van der Waals surface area contributed by atoms with Crippen LogP contribution in [0.25, 0.3) is 6.08 Å². The standard InChI is InChI=1S/C19H14BrNO5/c1-24-19(23)14(11-21)8-13-4-2-7-17(9-13)26-18(22)12-25-16-6-3-5-15(20)10-16/h2-10H,12H2,1H3/b14-8+. The molecule has 2 rings (SSSR count). The predicted molar refractivity (Wildman–Crippen MR) is 97.3 cm³/mol. The fourth-order valence-corrected chi connectivity index (χ4v) is 2.32. The number of benzene rings is 2. The first-order valence-corrected chi connectivity index (χ1v) is 8.20. The van der Waals surface area contributed by atoms with E-state index in [1.807, 2.05) is 6.07 Å². The van der Waals surface area contributed by atoms with Gasteiger partial charge < -0.3 is 14.2 Å². The quantitative estimate of drug-likeness (QED) is 0.310. The molecule has 0 aromatic heterocycles. The fourth-order valence-electron chi connectivity index (χ4n) is 1.94. The van der Waals surface area contributed by atoms with Gasteiger partial charge in [-0.25, -0.2) is 9.59 Å². The summed E-state index contributed by atoms with van der Waals surface area (Å²) in [6.45, 7) is -0.262. The molecule has 0 heterocycles. The lowest BCUT2D eigenvalue weighted by molar-refractivity contribution is -0.137. The summed E-state index contributed by atoms with van der Waals surface area (Å²) in [5.41, 5.74) is 0.360. The summed E-state index contributed by atoms with van der Waals surface area (Å²) in [5, 5.41) is 8.98. The molecule has 0 atom stereocenters. The van der Waals surface area contributed by atoms with Crippen LogP contribution in [-0.4, -0.2) is 25.7 Å². The Kier molecular flexibility index (Phi) is 6.94. The van der Waals surface area contributed by atoms with Crippen LogP contribution in [0.3, 0.4) is 0 Å². The SMILES string of the molecule is COC(=O)/C(C#N)=C/c1cccc(OC(=O)COc2cccc(Br)c2)c1. The molecule has 0 aliphatic rings. The van der Waals surface area contributed by atoms with Crippen LogP contribution in [0, 0.1) is 11.3 Å². The Bertz CT molecular complexity index is 885. The van der Waals surface area contributed by atoms with E-state index >= 15 is 0 Å². The van der Waals surface area contributed by atoms with Gasteiger partial charge in [-0.3, -0.25) is 0 Å². The van der Waals surface area contributed by atoms with Crippen LogP contribution in [0.1, 0.15) is 5.56 Å². The Labute approximate surface area is 158 Å². The van der Waals surface area contributed by atoms with E-state index in [4.69, 9.17) is 14.7 Å². The summed E-state index contributed by atoms with van der Waals surface area (Å²) in [6, 6.07) is 15.2. The van der Waals surface area contributed by atoms with Crippen molar-refractivity contribution in [2.75, 3.05) is 13.7 Å². The third-order valence-corrected chi connectivity index (χ3v) is 3.57. The summed E-state index contributed by atoms with van der Waals surface area (Å²) >= 11 is 3.31. The number of carbonyl (C=O) groups is 2. The van der Waals surface area contributed by atoms with E-state index < -0.39 is 11.9 Å². The first-order chi connectivity index (χ1) is 12.5. The Morgan fingerprint density at radius 2 is 1.88 bits per heavy atom. The molecule has 0 fully saturated rings. The van der Waals surface area contributed by atoms with Crippen LogP contribution < -0.4 is 9.47 Å². The molecule has 0 saturated carbocycles. The molecule has 132 valence electrons. The monoisotopic (exact) mass is 415 g/mol. The summed E-state index contributed by atoms with van der Waals surface area (Å²) in [7, 11) is 1.19. The Morgan fingerprint density at radius 3 is 2.58 bits per heavy atom. The summed E-state index contributed by atoms with van der Waals surface area (Å²) in [6.07, 6.45) is 1.35. The van der Waals surface area contributed by atoms with E-state index in [2.05, 4.69) is 20.7 Å². The highest BCUT2D eigenvalue weighted by Crippen LogP contribution is 2.19. The fraction of sp³-hybridized carbons (Fsp3) is 0.105. The molecule has 0 aliphatic heterocycles. The largest absolute Gasteiger partial charge is 0.482 e. The molecular formula is C19H14BrNO5. The summed E-state index contributed by atoms with van der Waals surface area (Å²) in [5.74, 6) is -0.523. The molecule has 26 heavy (non-hydrogen) atoms. The van der Waals surface area contributed by atoms with Crippen molar-refractivity contribution in [3.05, 3.63) is 64.1 Å². The van der Waals surface area contributed by atoms with Crippen LogP contribution in [0.4, 0.5) is 0 Å². The molecule has 0 bridgehead atoms. The van der Waals surface area contributed by atoms with Gasteiger partial charge in [0.15, 0.2) is 6.61 Å². The van der Waals surface area contributed by atoms with Gasteiger partial charge in [-0.2, -0.15) is 5.26 Å². The van der Waals surface area contributed by atoms with Crippen LogP contribution >= 0.6 is 15.9 Å². The van der Waals surface area contributed by atoms with Gasteiger partial charge >= 0.3 is 11.9 Å². The van der Waals surface area contributed by atoms with E-state index in [9.17, 15) is 9.59 Å². The number of nitriles is 1. The predicted octanol–water partition coefficient (Wildman–Crippen LogP) is 3.51. The third kappa shape index (κ3) is 5.76. The molecule has 0 aliphatic carbocycles. The number of ether oxygens (including phenoxy) is 3. The summed E-state index contributed by atoms with van der Waals surface area (Å²) < 4.78 is 15.9. The van der Waals surface area contributed by atoms with Crippen molar-refractivity contribution in [3.8, 4) is 17.6 Å². The van der Waals surface area contributed by atoms with Gasteiger partial charge in [0.1, 0.15) is 23.1 Å². The molecule has 2 aromatic carbocycles. The molecule has 0 saturated heterocycles. The maximum absolute atomic E-state index is 11.9. The van der Waals surface area contributed by atoms with Gasteiger partial charge in [-0.05, 0) is 42.0 Å². The third-order valence-electron chi connectivity index (χ3n) is 3.08. The number of halogens is 1. The van der Waals surface area contributed by atoms with Crippen LogP contribution in [0.15, 0.2) is 58.6 Å². The van der Waals surface area contributed by atoms with Crippen molar-refractivity contribution in [2.24, 2.45) is 0 Å². The lowest BCUT2D eigenvalue weighted by atomic mass is 10.1. The first-order valence-electron chi connectivity index (χ1n) is 7.41. The molecule has 6 nitrogen and oxygen atoms in total. The number of esters is 2. The van der Waals surface area contributed by atoms with E-state index in [0.29, 0.717) is 11.3 Å². The van der Waals surface area contributed by atoms with Crippen molar-refractivity contribution in [1.82, 2.24) is 0 Å². The second-order valence-corrected chi connectivity index (χ2v) is 5.87. The van der Waals surface area contributed by atoms with Gasteiger partial charge in [0.25, 0.3) is 0 Å². The zero-order valence-corrected chi connectivity index (χ0v) is 15.4. The van der Waals surface area contributed by atoms with Gasteiger partial charge in [0, 0.05) is 4.47 Å². The molecule has 0 amide bonds. The lowest BCUT2D eigenvalue weighted by Crippen LogP contribution is -2.17. The molecule has 2 aromatic rings. The topological polar surface area (TPSA) is 85.6 Å². The maximum Gasteiger partial charge on any atom is 0.349 e. The normalized spacial score (nSPS) is 10.6. The van der Waals surface area contributed by atoms with Crippen LogP contribution in [0.5, 0.6) is 11.5 Å². The van der Waals surface area contributed by atoms with Crippen molar-refractivity contribution in [3.63, 3.8) is 0 Å². The second-order valence-electron chi connectivity index (χ2n) is 4.95. The molecule has 7 heteroatoms. The number of rotatable bonds is 6. The molecule has 0 N–H and O–H groups in total. The van der Waals surface area contributed by atoms with Crippen molar-refractivity contribution < 1.29 is 23.8 Å². The second kappa shape index (κ2) is 9.39. The van der Waals surface area contributed by atoms with Crippen LogP contribution in [-0.2, 0) is 14.3 Å². The number of hydrogen-bond donors (Lipinski definition) is 0. The Hall–Kier alpha value is -3.11. The van der Waals surface area contributed by atoms with E-state index in [1.54, 1.807) is 42.5 Å². The highest BCUT2D eigenvalue weighted by molar-refractivity contribution is 9.10.